The molecule has 0 aliphatic rings. The zero-order valence-corrected chi connectivity index (χ0v) is 10.4. The molecule has 0 aliphatic carbocycles. The lowest BCUT2D eigenvalue weighted by Gasteiger charge is -2.05. The summed E-state index contributed by atoms with van der Waals surface area (Å²) < 4.78 is 1.82. The molecular formula is C11H11ClN6. The van der Waals surface area contributed by atoms with Gasteiger partial charge >= 0.3 is 0 Å². The predicted molar refractivity (Wildman–Crippen MR) is 69.2 cm³/mol. The van der Waals surface area contributed by atoms with Gasteiger partial charge in [0.15, 0.2) is 0 Å². The second kappa shape index (κ2) is 4.30. The molecule has 0 aliphatic heterocycles. The number of aromatic amines is 1. The standard InChI is InChI=1S/C11H11ClN6/c1-2-7-6-8(17-16-7)13-11-15-10(12)14-9-4-3-5-18(9)11/h3-6H,2H2,1H3,(H2,13,14,15,16,17). The van der Waals surface area contributed by atoms with Crippen LogP contribution in [0.1, 0.15) is 12.6 Å². The fourth-order valence-electron chi connectivity index (χ4n) is 1.72. The van der Waals surface area contributed by atoms with Crippen molar-refractivity contribution in [1.29, 1.82) is 0 Å². The number of nitrogens with zero attached hydrogens (tertiary/aromatic N) is 4. The molecule has 6 nitrogen and oxygen atoms in total. The van der Waals surface area contributed by atoms with Gasteiger partial charge in [0, 0.05) is 12.3 Å². The van der Waals surface area contributed by atoms with Gasteiger partial charge in [0.2, 0.25) is 11.2 Å². The van der Waals surface area contributed by atoms with E-state index in [1.807, 2.05) is 35.7 Å². The van der Waals surface area contributed by atoms with Crippen LogP contribution in [0.25, 0.3) is 5.65 Å². The summed E-state index contributed by atoms with van der Waals surface area (Å²) in [7, 11) is 0. The molecule has 3 heterocycles. The molecule has 0 saturated heterocycles. The molecule has 0 aromatic carbocycles. The Morgan fingerprint density at radius 2 is 2.33 bits per heavy atom. The molecule has 92 valence electrons. The summed E-state index contributed by atoms with van der Waals surface area (Å²) in [5, 5.41) is 10.4. The smallest absolute Gasteiger partial charge is 0.227 e. The third-order valence-corrected chi connectivity index (χ3v) is 2.77. The van der Waals surface area contributed by atoms with Gasteiger partial charge in [-0.25, -0.2) is 0 Å². The number of aryl methyl sites for hydroxylation is 1. The number of hydrogen-bond donors (Lipinski definition) is 2. The minimum Gasteiger partial charge on any atom is -0.310 e. The number of H-pyrrole nitrogens is 1. The number of anilines is 2. The Balaban J connectivity index is 2.00. The first-order valence-corrected chi connectivity index (χ1v) is 5.96. The first-order valence-electron chi connectivity index (χ1n) is 5.58. The highest BCUT2D eigenvalue weighted by molar-refractivity contribution is 6.28. The number of rotatable bonds is 3. The average molecular weight is 263 g/mol. The Bertz CT molecular complexity index is 686. The highest BCUT2D eigenvalue weighted by Gasteiger charge is 2.07. The van der Waals surface area contributed by atoms with E-state index in [0.717, 1.165) is 23.6 Å². The van der Waals surface area contributed by atoms with E-state index in [4.69, 9.17) is 11.6 Å². The molecule has 0 bridgehead atoms. The van der Waals surface area contributed by atoms with E-state index in [1.54, 1.807) is 0 Å². The topological polar surface area (TPSA) is 70.9 Å². The third-order valence-electron chi connectivity index (χ3n) is 2.60. The van der Waals surface area contributed by atoms with Crippen molar-refractivity contribution in [2.24, 2.45) is 0 Å². The van der Waals surface area contributed by atoms with Gasteiger partial charge in [0.05, 0.1) is 5.69 Å². The van der Waals surface area contributed by atoms with Crippen molar-refractivity contribution in [3.8, 4) is 0 Å². The molecule has 0 amide bonds. The van der Waals surface area contributed by atoms with Crippen molar-refractivity contribution in [2.75, 3.05) is 5.32 Å². The Labute approximate surface area is 108 Å². The number of aromatic nitrogens is 5. The summed E-state index contributed by atoms with van der Waals surface area (Å²) in [5.41, 5.74) is 1.73. The molecule has 18 heavy (non-hydrogen) atoms. The fraction of sp³-hybridized carbons (Fsp3) is 0.182. The Kier molecular flexibility index (Phi) is 2.64. The molecule has 0 atom stereocenters. The Morgan fingerprint density at radius 3 is 3.11 bits per heavy atom. The van der Waals surface area contributed by atoms with Crippen LogP contribution in [-0.2, 0) is 6.42 Å². The van der Waals surface area contributed by atoms with Crippen molar-refractivity contribution in [3.63, 3.8) is 0 Å². The molecule has 3 rings (SSSR count). The molecule has 0 radical (unpaired) electrons. The average Bonchev–Trinajstić information content (AvgIpc) is 2.97. The monoisotopic (exact) mass is 262 g/mol. The highest BCUT2D eigenvalue weighted by Crippen LogP contribution is 2.17. The molecule has 0 unspecified atom stereocenters. The van der Waals surface area contributed by atoms with Gasteiger partial charge in [0.25, 0.3) is 0 Å². The maximum atomic E-state index is 5.88. The van der Waals surface area contributed by atoms with E-state index in [1.165, 1.54) is 0 Å². The predicted octanol–water partition coefficient (Wildman–Crippen LogP) is 2.41. The molecule has 3 aromatic rings. The van der Waals surface area contributed by atoms with Crippen molar-refractivity contribution in [3.05, 3.63) is 35.4 Å². The summed E-state index contributed by atoms with van der Waals surface area (Å²) in [6, 6.07) is 5.68. The zero-order chi connectivity index (χ0) is 12.5. The first kappa shape index (κ1) is 11.0. The van der Waals surface area contributed by atoms with Crippen LogP contribution in [-0.4, -0.2) is 24.6 Å². The molecular weight excluding hydrogens is 252 g/mol. The normalized spacial score (nSPS) is 11.0. The highest BCUT2D eigenvalue weighted by atomic mass is 35.5. The van der Waals surface area contributed by atoms with Crippen molar-refractivity contribution in [2.45, 2.75) is 13.3 Å². The van der Waals surface area contributed by atoms with Crippen LogP contribution < -0.4 is 5.32 Å². The van der Waals surface area contributed by atoms with Crippen molar-refractivity contribution < 1.29 is 0 Å². The van der Waals surface area contributed by atoms with Gasteiger partial charge in [-0.2, -0.15) is 15.1 Å². The summed E-state index contributed by atoms with van der Waals surface area (Å²) in [6.45, 7) is 2.05. The maximum absolute atomic E-state index is 5.88. The van der Waals surface area contributed by atoms with E-state index in [2.05, 4.69) is 25.5 Å². The van der Waals surface area contributed by atoms with Gasteiger partial charge in [-0.3, -0.25) is 9.50 Å². The Hall–Kier alpha value is -2.08. The lowest BCUT2D eigenvalue weighted by atomic mass is 10.3. The van der Waals surface area contributed by atoms with Gasteiger partial charge in [-0.05, 0) is 30.2 Å². The maximum Gasteiger partial charge on any atom is 0.227 e. The number of fused-ring (bicyclic) bond motifs is 1. The fourth-order valence-corrected chi connectivity index (χ4v) is 1.89. The number of hydrogen-bond acceptors (Lipinski definition) is 4. The van der Waals surface area contributed by atoms with Crippen molar-refractivity contribution in [1.82, 2.24) is 24.6 Å². The zero-order valence-electron chi connectivity index (χ0n) is 9.68. The molecule has 0 fully saturated rings. The van der Waals surface area contributed by atoms with Gasteiger partial charge in [-0.15, -0.1) is 0 Å². The SMILES string of the molecule is CCc1cc(Nc2nc(Cl)nc3cccn23)[nH]n1. The van der Waals surface area contributed by atoms with Gasteiger partial charge in [0.1, 0.15) is 11.5 Å². The van der Waals surface area contributed by atoms with Gasteiger partial charge < -0.3 is 5.32 Å². The summed E-state index contributed by atoms with van der Waals surface area (Å²) in [6.07, 6.45) is 2.74. The van der Waals surface area contributed by atoms with E-state index in [-0.39, 0.29) is 5.28 Å². The van der Waals surface area contributed by atoms with Crippen LogP contribution in [0.5, 0.6) is 0 Å². The van der Waals surface area contributed by atoms with Crippen molar-refractivity contribution >= 4 is 29.0 Å². The van der Waals surface area contributed by atoms with Crippen LogP contribution in [0.2, 0.25) is 5.28 Å². The van der Waals surface area contributed by atoms with Crippen LogP contribution >= 0.6 is 11.6 Å². The van der Waals surface area contributed by atoms with Crippen LogP contribution in [0, 0.1) is 0 Å². The lowest BCUT2D eigenvalue weighted by molar-refractivity contribution is 0.971. The number of nitrogens with one attached hydrogen (secondary N) is 2. The van der Waals surface area contributed by atoms with E-state index in [9.17, 15) is 0 Å². The van der Waals surface area contributed by atoms with Crippen LogP contribution in [0.3, 0.4) is 0 Å². The van der Waals surface area contributed by atoms with E-state index < -0.39 is 0 Å². The Morgan fingerprint density at radius 1 is 1.44 bits per heavy atom. The largest absolute Gasteiger partial charge is 0.310 e. The van der Waals surface area contributed by atoms with Crippen LogP contribution in [0.4, 0.5) is 11.8 Å². The molecule has 3 aromatic heterocycles. The second-order valence-corrected chi connectivity index (χ2v) is 4.14. The molecule has 2 N–H and O–H groups in total. The second-order valence-electron chi connectivity index (χ2n) is 3.80. The minimum absolute atomic E-state index is 0.207. The summed E-state index contributed by atoms with van der Waals surface area (Å²) in [5.74, 6) is 1.37. The lowest BCUT2D eigenvalue weighted by Crippen LogP contribution is -2.02. The molecule has 0 saturated carbocycles. The quantitative estimate of drug-likeness (QED) is 0.760. The minimum atomic E-state index is 0.207. The third kappa shape index (κ3) is 1.91. The van der Waals surface area contributed by atoms with Gasteiger partial charge in [-0.1, -0.05) is 6.92 Å². The first-order chi connectivity index (χ1) is 8.76. The number of halogens is 1. The summed E-state index contributed by atoms with van der Waals surface area (Å²) in [4.78, 5) is 8.27. The van der Waals surface area contributed by atoms with E-state index >= 15 is 0 Å². The van der Waals surface area contributed by atoms with E-state index in [0.29, 0.717) is 5.95 Å². The summed E-state index contributed by atoms with van der Waals surface area (Å²) >= 11 is 5.88. The molecule has 7 heteroatoms. The molecule has 0 spiro atoms. The van der Waals surface area contributed by atoms with Crippen LogP contribution in [0.15, 0.2) is 24.4 Å².